The van der Waals surface area contributed by atoms with Gasteiger partial charge in [0, 0.05) is 19.6 Å². The molecule has 2 heterocycles. The second kappa shape index (κ2) is 5.42. The van der Waals surface area contributed by atoms with Crippen molar-refractivity contribution in [2.24, 2.45) is 11.7 Å². The highest BCUT2D eigenvalue weighted by molar-refractivity contribution is 7.16. The topological polar surface area (TPSA) is 55.0 Å². The molecule has 2 aromatic heterocycles. The monoisotopic (exact) mass is 250 g/mol. The Morgan fingerprint density at radius 1 is 1.41 bits per heavy atom. The Morgan fingerprint density at radius 2 is 2.24 bits per heavy atom. The molecule has 0 aliphatic heterocycles. The molecule has 0 atom stereocenters. The number of hydrogen-bond donors (Lipinski definition) is 1. The van der Waals surface area contributed by atoms with E-state index in [1.54, 1.807) is 17.7 Å². The van der Waals surface area contributed by atoms with Gasteiger partial charge in [0.2, 0.25) is 0 Å². The first kappa shape index (κ1) is 12.3. The van der Waals surface area contributed by atoms with Crippen LogP contribution in [0.4, 0.5) is 5.82 Å². The Labute approximate surface area is 105 Å². The summed E-state index contributed by atoms with van der Waals surface area (Å²) in [4.78, 5) is 12.0. The van der Waals surface area contributed by atoms with Crippen molar-refractivity contribution in [3.63, 3.8) is 0 Å². The molecule has 2 N–H and O–H groups in total. The lowest BCUT2D eigenvalue weighted by Crippen LogP contribution is -2.33. The van der Waals surface area contributed by atoms with Crippen LogP contribution in [0, 0.1) is 5.92 Å². The molecule has 0 bridgehead atoms. The number of aromatic nitrogens is 2. The number of thiophene rings is 1. The molecule has 0 radical (unpaired) electrons. The number of nitrogens with zero attached hydrogens (tertiary/aromatic N) is 3. The van der Waals surface area contributed by atoms with Crippen LogP contribution in [0.1, 0.15) is 13.8 Å². The van der Waals surface area contributed by atoms with Gasteiger partial charge >= 0.3 is 0 Å². The summed E-state index contributed by atoms with van der Waals surface area (Å²) in [7, 11) is 0. The maximum absolute atomic E-state index is 5.68. The SMILES string of the molecule is CC(C)CN(CCN)c1ncnc2sccc12. The molecular formula is C12H18N4S. The van der Waals surface area contributed by atoms with Crippen LogP contribution in [0.3, 0.4) is 0 Å². The van der Waals surface area contributed by atoms with Crippen molar-refractivity contribution in [1.82, 2.24) is 9.97 Å². The van der Waals surface area contributed by atoms with E-state index in [0.717, 1.165) is 29.1 Å². The molecule has 2 aromatic rings. The highest BCUT2D eigenvalue weighted by Crippen LogP contribution is 2.26. The van der Waals surface area contributed by atoms with Crippen LogP contribution >= 0.6 is 11.3 Å². The van der Waals surface area contributed by atoms with Gasteiger partial charge in [-0.25, -0.2) is 9.97 Å². The molecule has 0 aliphatic rings. The van der Waals surface area contributed by atoms with Gasteiger partial charge in [0.05, 0.1) is 5.39 Å². The van der Waals surface area contributed by atoms with E-state index in [0.29, 0.717) is 12.5 Å². The number of rotatable bonds is 5. The Hall–Kier alpha value is -1.20. The fourth-order valence-corrected chi connectivity index (χ4v) is 2.64. The smallest absolute Gasteiger partial charge is 0.140 e. The van der Waals surface area contributed by atoms with E-state index < -0.39 is 0 Å². The second-order valence-corrected chi connectivity index (χ2v) is 5.36. The minimum Gasteiger partial charge on any atom is -0.354 e. The lowest BCUT2D eigenvalue weighted by molar-refractivity contribution is 0.608. The predicted molar refractivity (Wildman–Crippen MR) is 73.5 cm³/mol. The summed E-state index contributed by atoms with van der Waals surface area (Å²) in [5.41, 5.74) is 5.68. The zero-order chi connectivity index (χ0) is 12.3. The molecule has 4 nitrogen and oxygen atoms in total. The first-order valence-corrected chi connectivity index (χ1v) is 6.73. The summed E-state index contributed by atoms with van der Waals surface area (Å²) >= 11 is 1.65. The molecule has 0 spiro atoms. The summed E-state index contributed by atoms with van der Waals surface area (Å²) in [5, 5.41) is 3.19. The van der Waals surface area contributed by atoms with Gasteiger partial charge in [-0.2, -0.15) is 0 Å². The quantitative estimate of drug-likeness (QED) is 0.883. The van der Waals surface area contributed by atoms with Gasteiger partial charge in [-0.05, 0) is 17.4 Å². The molecule has 0 unspecified atom stereocenters. The van der Waals surface area contributed by atoms with Gasteiger partial charge in [-0.3, -0.25) is 0 Å². The third-order valence-corrected chi connectivity index (χ3v) is 3.35. The van der Waals surface area contributed by atoms with E-state index >= 15 is 0 Å². The van der Waals surface area contributed by atoms with Crippen molar-refractivity contribution in [3.05, 3.63) is 17.8 Å². The summed E-state index contributed by atoms with van der Waals surface area (Å²) in [6.07, 6.45) is 1.64. The van der Waals surface area contributed by atoms with Crippen LogP contribution in [0.25, 0.3) is 10.2 Å². The van der Waals surface area contributed by atoms with Gasteiger partial charge in [0.1, 0.15) is 17.0 Å². The molecule has 5 heteroatoms. The molecule has 92 valence electrons. The minimum absolute atomic E-state index is 0.588. The van der Waals surface area contributed by atoms with Gasteiger partial charge in [0.15, 0.2) is 0 Å². The van der Waals surface area contributed by atoms with E-state index in [1.807, 2.05) is 0 Å². The van der Waals surface area contributed by atoms with Crippen LogP contribution in [0.2, 0.25) is 0 Å². The summed E-state index contributed by atoms with van der Waals surface area (Å²) in [6.45, 7) is 6.85. The maximum Gasteiger partial charge on any atom is 0.140 e. The molecule has 2 rings (SSSR count). The minimum atomic E-state index is 0.588. The van der Waals surface area contributed by atoms with E-state index in [9.17, 15) is 0 Å². The number of nitrogens with two attached hydrogens (primary N) is 1. The van der Waals surface area contributed by atoms with Crippen LogP contribution in [0.15, 0.2) is 17.8 Å². The fourth-order valence-electron chi connectivity index (χ4n) is 1.91. The molecule has 0 aromatic carbocycles. The molecule has 0 saturated heterocycles. The van der Waals surface area contributed by atoms with Crippen molar-refractivity contribution in [2.45, 2.75) is 13.8 Å². The fraction of sp³-hybridized carbons (Fsp3) is 0.500. The molecule has 0 amide bonds. The Bertz CT molecular complexity index is 480. The lowest BCUT2D eigenvalue weighted by atomic mass is 10.2. The summed E-state index contributed by atoms with van der Waals surface area (Å²) < 4.78 is 0. The average molecular weight is 250 g/mol. The molecule has 0 fully saturated rings. The highest BCUT2D eigenvalue weighted by atomic mass is 32.1. The zero-order valence-corrected chi connectivity index (χ0v) is 11.1. The first-order chi connectivity index (χ1) is 8.22. The first-order valence-electron chi connectivity index (χ1n) is 5.85. The number of anilines is 1. The molecule has 0 saturated carbocycles. The largest absolute Gasteiger partial charge is 0.354 e. The second-order valence-electron chi connectivity index (χ2n) is 4.47. The Balaban J connectivity index is 2.36. The molecular weight excluding hydrogens is 232 g/mol. The lowest BCUT2D eigenvalue weighted by Gasteiger charge is -2.25. The van der Waals surface area contributed by atoms with Crippen LogP contribution in [0.5, 0.6) is 0 Å². The van der Waals surface area contributed by atoms with Crippen LogP contribution in [-0.4, -0.2) is 29.6 Å². The molecule has 17 heavy (non-hydrogen) atoms. The number of fused-ring (bicyclic) bond motifs is 1. The van der Waals surface area contributed by atoms with Crippen molar-refractivity contribution in [1.29, 1.82) is 0 Å². The average Bonchev–Trinajstić information content (AvgIpc) is 2.75. The van der Waals surface area contributed by atoms with Gasteiger partial charge in [0.25, 0.3) is 0 Å². The molecule has 0 aliphatic carbocycles. The standard InChI is InChI=1S/C12H18N4S/c1-9(2)7-16(5-4-13)11-10-3-6-17-12(10)15-8-14-11/h3,6,8-9H,4-5,7,13H2,1-2H3. The van der Waals surface area contributed by atoms with Crippen molar-refractivity contribution >= 4 is 27.4 Å². The third-order valence-electron chi connectivity index (χ3n) is 2.52. The van der Waals surface area contributed by atoms with E-state index in [2.05, 4.69) is 40.2 Å². The maximum atomic E-state index is 5.68. The number of hydrogen-bond acceptors (Lipinski definition) is 5. The highest BCUT2D eigenvalue weighted by Gasteiger charge is 2.13. The van der Waals surface area contributed by atoms with E-state index in [1.165, 1.54) is 0 Å². The van der Waals surface area contributed by atoms with E-state index in [-0.39, 0.29) is 0 Å². The predicted octanol–water partition coefficient (Wildman–Crippen LogP) is 2.11. The summed E-state index contributed by atoms with van der Waals surface area (Å²) in [6, 6.07) is 2.08. The van der Waals surface area contributed by atoms with Crippen molar-refractivity contribution < 1.29 is 0 Å². The summed E-state index contributed by atoms with van der Waals surface area (Å²) in [5.74, 6) is 1.60. The van der Waals surface area contributed by atoms with Gasteiger partial charge < -0.3 is 10.6 Å². The zero-order valence-electron chi connectivity index (χ0n) is 10.3. The third kappa shape index (κ3) is 2.73. The Kier molecular flexibility index (Phi) is 3.91. The van der Waals surface area contributed by atoms with Gasteiger partial charge in [-0.1, -0.05) is 13.8 Å². The van der Waals surface area contributed by atoms with Crippen LogP contribution in [-0.2, 0) is 0 Å². The van der Waals surface area contributed by atoms with Crippen molar-refractivity contribution in [2.75, 3.05) is 24.5 Å². The van der Waals surface area contributed by atoms with E-state index in [4.69, 9.17) is 5.73 Å². The van der Waals surface area contributed by atoms with Crippen molar-refractivity contribution in [3.8, 4) is 0 Å². The Morgan fingerprint density at radius 3 is 2.94 bits per heavy atom. The normalized spacial score (nSPS) is 11.3. The van der Waals surface area contributed by atoms with Gasteiger partial charge in [-0.15, -0.1) is 11.3 Å². The van der Waals surface area contributed by atoms with Crippen LogP contribution < -0.4 is 10.6 Å².